The molecule has 9 heteroatoms. The number of carbonyl (C=O) groups excluding carboxylic acids is 4. The standard InChI is InChI=1S/C22H28N4O5/c1-15(26-20(29)22(23-21(26)30)8-3-4-9-22)18(27)24-10-12-25(13-11-24)19(28)16-6-5-7-17(14-16)31-2/h5-7,14-15H,3-4,8-13H2,1-2H3,(H,23,30). The number of hydrogen-bond donors (Lipinski definition) is 1. The van der Waals surface area contributed by atoms with Crippen molar-refractivity contribution >= 4 is 23.8 Å². The van der Waals surface area contributed by atoms with E-state index < -0.39 is 17.6 Å². The van der Waals surface area contributed by atoms with Gasteiger partial charge in [0.05, 0.1) is 7.11 Å². The lowest BCUT2D eigenvalue weighted by atomic mass is 9.97. The summed E-state index contributed by atoms with van der Waals surface area (Å²) in [6, 6.07) is 5.62. The van der Waals surface area contributed by atoms with Gasteiger partial charge in [0.15, 0.2) is 0 Å². The minimum atomic E-state index is -0.867. The third kappa shape index (κ3) is 3.73. The molecular weight excluding hydrogens is 400 g/mol. The number of benzene rings is 1. The molecule has 2 heterocycles. The Balaban J connectivity index is 1.37. The van der Waals surface area contributed by atoms with E-state index in [1.807, 2.05) is 0 Å². The molecule has 1 saturated carbocycles. The molecule has 2 aliphatic heterocycles. The first-order valence-electron chi connectivity index (χ1n) is 10.7. The molecule has 1 unspecified atom stereocenters. The summed E-state index contributed by atoms with van der Waals surface area (Å²) in [5.41, 5.74) is -0.290. The van der Waals surface area contributed by atoms with Gasteiger partial charge in [0, 0.05) is 31.7 Å². The first-order valence-corrected chi connectivity index (χ1v) is 10.7. The number of amides is 5. The Bertz CT molecular complexity index is 903. The smallest absolute Gasteiger partial charge is 0.325 e. The Morgan fingerprint density at radius 1 is 1.06 bits per heavy atom. The summed E-state index contributed by atoms with van der Waals surface area (Å²) in [6.07, 6.45) is 3.04. The molecule has 1 aromatic rings. The van der Waals surface area contributed by atoms with E-state index in [1.165, 1.54) is 0 Å². The SMILES string of the molecule is COc1cccc(C(=O)N2CCN(C(=O)C(C)N3C(=O)NC4(CCCC4)C3=O)CC2)c1. The van der Waals surface area contributed by atoms with Crippen LogP contribution in [0.15, 0.2) is 24.3 Å². The van der Waals surface area contributed by atoms with Crippen molar-refractivity contribution in [2.75, 3.05) is 33.3 Å². The zero-order chi connectivity index (χ0) is 22.2. The number of methoxy groups -OCH3 is 1. The molecule has 9 nitrogen and oxygen atoms in total. The molecule has 5 amide bonds. The van der Waals surface area contributed by atoms with Crippen molar-refractivity contribution in [3.05, 3.63) is 29.8 Å². The van der Waals surface area contributed by atoms with E-state index in [0.29, 0.717) is 50.3 Å². The van der Waals surface area contributed by atoms with Crippen LogP contribution in [-0.2, 0) is 9.59 Å². The summed E-state index contributed by atoms with van der Waals surface area (Å²) < 4.78 is 5.18. The van der Waals surface area contributed by atoms with Crippen LogP contribution in [0.3, 0.4) is 0 Å². The predicted octanol–water partition coefficient (Wildman–Crippen LogP) is 1.23. The number of piperazine rings is 1. The number of imide groups is 1. The second kappa shape index (κ2) is 8.20. The monoisotopic (exact) mass is 428 g/mol. The van der Waals surface area contributed by atoms with Crippen molar-refractivity contribution < 1.29 is 23.9 Å². The predicted molar refractivity (Wildman–Crippen MR) is 112 cm³/mol. The zero-order valence-corrected chi connectivity index (χ0v) is 17.9. The fourth-order valence-corrected chi connectivity index (χ4v) is 4.75. The average molecular weight is 428 g/mol. The molecule has 3 fully saturated rings. The normalized spacial score (nSPS) is 21.4. The van der Waals surface area contributed by atoms with Crippen LogP contribution in [0.4, 0.5) is 4.79 Å². The molecule has 1 aromatic carbocycles. The highest BCUT2D eigenvalue weighted by molar-refractivity contribution is 6.10. The number of nitrogens with one attached hydrogen (secondary N) is 1. The molecule has 3 aliphatic rings. The highest BCUT2D eigenvalue weighted by Gasteiger charge is 2.54. The molecule has 1 N–H and O–H groups in total. The van der Waals surface area contributed by atoms with Crippen LogP contribution in [0, 0.1) is 0 Å². The van der Waals surface area contributed by atoms with Crippen LogP contribution >= 0.6 is 0 Å². The molecule has 1 aliphatic carbocycles. The van der Waals surface area contributed by atoms with Crippen molar-refractivity contribution in [3.63, 3.8) is 0 Å². The fourth-order valence-electron chi connectivity index (χ4n) is 4.75. The third-order valence-electron chi connectivity index (χ3n) is 6.59. The van der Waals surface area contributed by atoms with E-state index >= 15 is 0 Å². The lowest BCUT2D eigenvalue weighted by Gasteiger charge is -2.37. The van der Waals surface area contributed by atoms with Crippen molar-refractivity contribution in [2.24, 2.45) is 0 Å². The Morgan fingerprint density at radius 2 is 1.71 bits per heavy atom. The summed E-state index contributed by atoms with van der Waals surface area (Å²) in [5.74, 6) is -0.0619. The van der Waals surface area contributed by atoms with Crippen molar-refractivity contribution in [2.45, 2.75) is 44.2 Å². The maximum absolute atomic E-state index is 13.0. The molecule has 31 heavy (non-hydrogen) atoms. The Labute approximate surface area is 181 Å². The first-order chi connectivity index (χ1) is 14.9. The maximum atomic E-state index is 13.0. The van der Waals surface area contributed by atoms with Gasteiger partial charge in [-0.1, -0.05) is 18.9 Å². The molecule has 166 valence electrons. The maximum Gasteiger partial charge on any atom is 0.325 e. The van der Waals surface area contributed by atoms with E-state index in [4.69, 9.17) is 4.74 Å². The van der Waals surface area contributed by atoms with Crippen molar-refractivity contribution in [1.82, 2.24) is 20.0 Å². The van der Waals surface area contributed by atoms with Crippen molar-refractivity contribution in [3.8, 4) is 5.75 Å². The number of hydrogen-bond acceptors (Lipinski definition) is 5. The minimum Gasteiger partial charge on any atom is -0.497 e. The number of nitrogens with zero attached hydrogens (tertiary/aromatic N) is 3. The molecular formula is C22H28N4O5. The number of urea groups is 1. The van der Waals surface area contributed by atoms with Gasteiger partial charge < -0.3 is 19.9 Å². The number of rotatable bonds is 4. The number of ether oxygens (including phenoxy) is 1. The van der Waals surface area contributed by atoms with Gasteiger partial charge in [-0.3, -0.25) is 14.4 Å². The van der Waals surface area contributed by atoms with Gasteiger partial charge in [-0.05, 0) is 38.0 Å². The minimum absolute atomic E-state index is 0.115. The first kappa shape index (κ1) is 21.1. The fraction of sp³-hybridized carbons (Fsp3) is 0.545. The third-order valence-corrected chi connectivity index (χ3v) is 6.59. The lowest BCUT2D eigenvalue weighted by Crippen LogP contribution is -2.56. The highest BCUT2D eigenvalue weighted by Crippen LogP contribution is 2.36. The van der Waals surface area contributed by atoms with Crippen LogP contribution in [0.5, 0.6) is 5.75 Å². The van der Waals surface area contributed by atoms with Crippen molar-refractivity contribution in [1.29, 1.82) is 0 Å². The van der Waals surface area contributed by atoms with Gasteiger partial charge in [-0.25, -0.2) is 9.69 Å². The molecule has 2 saturated heterocycles. The van der Waals surface area contributed by atoms with E-state index in [9.17, 15) is 19.2 Å². The Kier molecular flexibility index (Phi) is 5.60. The highest BCUT2D eigenvalue weighted by atomic mass is 16.5. The molecule has 0 aromatic heterocycles. The summed E-state index contributed by atoms with van der Waals surface area (Å²) >= 11 is 0. The van der Waals surface area contributed by atoms with Gasteiger partial charge >= 0.3 is 6.03 Å². The van der Waals surface area contributed by atoms with Gasteiger partial charge in [0.25, 0.3) is 11.8 Å². The van der Waals surface area contributed by atoms with Crippen LogP contribution in [0.2, 0.25) is 0 Å². The topological polar surface area (TPSA) is 99.3 Å². The van der Waals surface area contributed by atoms with E-state index in [2.05, 4.69) is 5.32 Å². The van der Waals surface area contributed by atoms with Crippen LogP contribution in [0.1, 0.15) is 43.0 Å². The molecule has 1 atom stereocenters. The Hall–Kier alpha value is -3.10. The van der Waals surface area contributed by atoms with Gasteiger partial charge in [-0.15, -0.1) is 0 Å². The van der Waals surface area contributed by atoms with Crippen LogP contribution < -0.4 is 10.1 Å². The number of carbonyl (C=O) groups is 4. The molecule has 0 radical (unpaired) electrons. The van der Waals surface area contributed by atoms with Gasteiger partial charge in [0.1, 0.15) is 17.3 Å². The summed E-state index contributed by atoms with van der Waals surface area (Å²) in [5, 5.41) is 2.82. The summed E-state index contributed by atoms with van der Waals surface area (Å²) in [7, 11) is 1.55. The average Bonchev–Trinajstić information content (AvgIpc) is 3.36. The van der Waals surface area contributed by atoms with Gasteiger partial charge in [-0.2, -0.15) is 0 Å². The molecule has 0 bridgehead atoms. The molecule has 1 spiro atoms. The van der Waals surface area contributed by atoms with E-state index in [-0.39, 0.29) is 17.7 Å². The summed E-state index contributed by atoms with van der Waals surface area (Å²) in [6.45, 7) is 3.08. The Morgan fingerprint density at radius 3 is 2.35 bits per heavy atom. The second-order valence-corrected chi connectivity index (χ2v) is 8.42. The van der Waals surface area contributed by atoms with Gasteiger partial charge in [0.2, 0.25) is 5.91 Å². The van der Waals surface area contributed by atoms with Crippen LogP contribution in [0.25, 0.3) is 0 Å². The second-order valence-electron chi connectivity index (χ2n) is 8.42. The quantitative estimate of drug-likeness (QED) is 0.728. The molecule has 4 rings (SSSR count). The lowest BCUT2D eigenvalue weighted by molar-refractivity contribution is -0.143. The van der Waals surface area contributed by atoms with E-state index in [1.54, 1.807) is 48.1 Å². The van der Waals surface area contributed by atoms with Crippen LogP contribution in [-0.4, -0.2) is 83.3 Å². The largest absolute Gasteiger partial charge is 0.497 e. The zero-order valence-electron chi connectivity index (χ0n) is 17.9. The van der Waals surface area contributed by atoms with E-state index in [0.717, 1.165) is 17.7 Å². The summed E-state index contributed by atoms with van der Waals surface area (Å²) in [4.78, 5) is 55.6.